The number of ether oxygens (including phenoxy) is 1. The van der Waals surface area contributed by atoms with Crippen molar-refractivity contribution in [1.29, 1.82) is 0 Å². The number of nitrogens with one attached hydrogen (secondary N) is 2. The molecule has 2 N–H and O–H groups in total. The van der Waals surface area contributed by atoms with Crippen LogP contribution in [-0.2, 0) is 4.74 Å². The van der Waals surface area contributed by atoms with E-state index in [4.69, 9.17) is 4.74 Å². The molecule has 0 aliphatic rings. The average Bonchev–Trinajstić information content (AvgIpc) is 2.82. The minimum atomic E-state index is -0.298. The molecule has 0 bridgehead atoms. The maximum absolute atomic E-state index is 12.9. The Morgan fingerprint density at radius 2 is 2.09 bits per heavy atom. The number of nitrogens with zero attached hydrogens (tertiary/aromatic N) is 1. The van der Waals surface area contributed by atoms with Gasteiger partial charge in [0.2, 0.25) is 0 Å². The van der Waals surface area contributed by atoms with Crippen molar-refractivity contribution in [3.63, 3.8) is 0 Å². The van der Waals surface area contributed by atoms with Gasteiger partial charge in [-0.3, -0.25) is 4.79 Å². The summed E-state index contributed by atoms with van der Waals surface area (Å²) in [6, 6.07) is 5.89. The number of hydrogen-bond acceptors (Lipinski definition) is 5. The fraction of sp³-hybridized carbons (Fsp3) is 0.333. The van der Waals surface area contributed by atoms with Crippen LogP contribution in [0.3, 0.4) is 0 Å². The molecule has 1 atom stereocenters. The maximum atomic E-state index is 12.9. The standard InChI is InChI=1S/C15H18FN3O2S/c1-9(8-21-3)17-14(20)13-10(2)18-15(22-13)19-12-6-4-11(16)5-7-12/h4-7,9H,8H2,1-3H3,(H,17,20)(H,18,19)/t9-/m0/s1. The normalized spacial score (nSPS) is 12.0. The van der Waals surface area contributed by atoms with Gasteiger partial charge in [0.25, 0.3) is 5.91 Å². The van der Waals surface area contributed by atoms with Crippen molar-refractivity contribution in [3.05, 3.63) is 40.7 Å². The number of halogens is 1. The number of carbonyl (C=O) groups excluding carboxylic acids is 1. The van der Waals surface area contributed by atoms with Crippen molar-refractivity contribution in [2.24, 2.45) is 0 Å². The number of rotatable bonds is 6. The van der Waals surface area contributed by atoms with Gasteiger partial charge in [0, 0.05) is 18.8 Å². The lowest BCUT2D eigenvalue weighted by atomic mass is 10.3. The smallest absolute Gasteiger partial charge is 0.263 e. The second-order valence-corrected chi connectivity index (χ2v) is 5.89. The van der Waals surface area contributed by atoms with Crippen LogP contribution in [-0.4, -0.2) is 30.6 Å². The fourth-order valence-corrected chi connectivity index (χ4v) is 2.79. The first-order chi connectivity index (χ1) is 10.5. The average molecular weight is 323 g/mol. The lowest BCUT2D eigenvalue weighted by molar-refractivity contribution is 0.0909. The molecule has 0 unspecified atom stereocenters. The third-order valence-electron chi connectivity index (χ3n) is 2.89. The number of hydrogen-bond donors (Lipinski definition) is 2. The highest BCUT2D eigenvalue weighted by molar-refractivity contribution is 7.17. The van der Waals surface area contributed by atoms with Gasteiger partial charge in [0.1, 0.15) is 10.7 Å². The number of anilines is 2. The summed E-state index contributed by atoms with van der Waals surface area (Å²) in [4.78, 5) is 17.1. The van der Waals surface area contributed by atoms with Gasteiger partial charge in [-0.2, -0.15) is 0 Å². The quantitative estimate of drug-likeness (QED) is 0.857. The molecule has 0 aliphatic carbocycles. The highest BCUT2D eigenvalue weighted by Crippen LogP contribution is 2.25. The number of amides is 1. The van der Waals surface area contributed by atoms with Crippen LogP contribution in [0.25, 0.3) is 0 Å². The zero-order valence-electron chi connectivity index (χ0n) is 12.6. The molecule has 118 valence electrons. The molecule has 1 heterocycles. The van der Waals surface area contributed by atoms with Crippen LogP contribution in [0.5, 0.6) is 0 Å². The molecular formula is C15H18FN3O2S. The Hall–Kier alpha value is -1.99. The van der Waals surface area contributed by atoms with Crippen molar-refractivity contribution in [3.8, 4) is 0 Å². The van der Waals surface area contributed by atoms with Crippen molar-refractivity contribution >= 4 is 28.1 Å². The van der Waals surface area contributed by atoms with Gasteiger partial charge < -0.3 is 15.4 Å². The van der Waals surface area contributed by atoms with Gasteiger partial charge >= 0.3 is 0 Å². The van der Waals surface area contributed by atoms with Crippen LogP contribution >= 0.6 is 11.3 Å². The molecule has 0 radical (unpaired) electrons. The van der Waals surface area contributed by atoms with Crippen LogP contribution in [0.15, 0.2) is 24.3 Å². The summed E-state index contributed by atoms with van der Waals surface area (Å²) in [6.45, 7) is 4.10. The molecule has 0 spiro atoms. The highest BCUT2D eigenvalue weighted by atomic mass is 32.1. The van der Waals surface area contributed by atoms with E-state index in [9.17, 15) is 9.18 Å². The number of thiazole rings is 1. The van der Waals surface area contributed by atoms with Gasteiger partial charge in [-0.25, -0.2) is 9.37 Å². The van der Waals surface area contributed by atoms with E-state index in [0.29, 0.717) is 22.3 Å². The molecule has 1 aromatic heterocycles. The Morgan fingerprint density at radius 1 is 1.41 bits per heavy atom. The van der Waals surface area contributed by atoms with E-state index in [0.717, 1.165) is 5.69 Å². The minimum Gasteiger partial charge on any atom is -0.383 e. The van der Waals surface area contributed by atoms with E-state index in [1.54, 1.807) is 26.2 Å². The zero-order valence-corrected chi connectivity index (χ0v) is 13.5. The summed E-state index contributed by atoms with van der Waals surface area (Å²) in [5.41, 5.74) is 1.37. The number of aromatic nitrogens is 1. The molecule has 1 amide bonds. The predicted molar refractivity (Wildman–Crippen MR) is 85.3 cm³/mol. The van der Waals surface area contributed by atoms with Crippen molar-refractivity contribution in [2.75, 3.05) is 19.0 Å². The van der Waals surface area contributed by atoms with Crippen molar-refractivity contribution in [2.45, 2.75) is 19.9 Å². The Kier molecular flexibility index (Phi) is 5.46. The van der Waals surface area contributed by atoms with E-state index >= 15 is 0 Å². The summed E-state index contributed by atoms with van der Waals surface area (Å²) < 4.78 is 17.9. The van der Waals surface area contributed by atoms with E-state index in [2.05, 4.69) is 15.6 Å². The second kappa shape index (κ2) is 7.33. The van der Waals surface area contributed by atoms with E-state index in [1.165, 1.54) is 23.5 Å². The molecule has 1 aromatic carbocycles. The van der Waals surface area contributed by atoms with Crippen molar-refractivity contribution < 1.29 is 13.9 Å². The molecule has 0 saturated carbocycles. The highest BCUT2D eigenvalue weighted by Gasteiger charge is 2.17. The molecule has 2 rings (SSSR count). The van der Waals surface area contributed by atoms with Gasteiger partial charge in [-0.1, -0.05) is 11.3 Å². The molecule has 7 heteroatoms. The molecule has 22 heavy (non-hydrogen) atoms. The van der Waals surface area contributed by atoms with Crippen LogP contribution in [0.1, 0.15) is 22.3 Å². The predicted octanol–water partition coefficient (Wildman–Crippen LogP) is 3.10. The zero-order chi connectivity index (χ0) is 16.1. The molecule has 2 aromatic rings. The molecule has 0 aliphatic heterocycles. The van der Waals surface area contributed by atoms with Gasteiger partial charge in [-0.15, -0.1) is 0 Å². The molecular weight excluding hydrogens is 305 g/mol. The van der Waals surface area contributed by atoms with E-state index in [1.807, 2.05) is 6.92 Å². The molecule has 0 saturated heterocycles. The molecule has 0 fully saturated rings. The summed E-state index contributed by atoms with van der Waals surface area (Å²) in [6.07, 6.45) is 0. The number of benzene rings is 1. The first-order valence-corrected chi connectivity index (χ1v) is 7.61. The summed E-state index contributed by atoms with van der Waals surface area (Å²) in [7, 11) is 1.59. The first kappa shape index (κ1) is 16.4. The summed E-state index contributed by atoms with van der Waals surface area (Å²) in [5.74, 6) is -0.472. The van der Waals surface area contributed by atoms with Crippen LogP contribution < -0.4 is 10.6 Å². The monoisotopic (exact) mass is 323 g/mol. The SMILES string of the molecule is COC[C@H](C)NC(=O)c1sc(Nc2ccc(F)cc2)nc1C. The van der Waals surface area contributed by atoms with Gasteiger partial charge in [0.05, 0.1) is 12.3 Å². The number of carbonyl (C=O) groups is 1. The second-order valence-electron chi connectivity index (χ2n) is 4.90. The molecule has 5 nitrogen and oxygen atoms in total. The Bertz CT molecular complexity index is 643. The third-order valence-corrected chi connectivity index (χ3v) is 3.96. The van der Waals surface area contributed by atoms with Crippen LogP contribution in [0.4, 0.5) is 15.2 Å². The topological polar surface area (TPSA) is 63.2 Å². The number of methoxy groups -OCH3 is 1. The lowest BCUT2D eigenvalue weighted by Crippen LogP contribution is -2.35. The maximum Gasteiger partial charge on any atom is 0.263 e. The lowest BCUT2D eigenvalue weighted by Gasteiger charge is -2.11. The van der Waals surface area contributed by atoms with Gasteiger partial charge in [-0.05, 0) is 38.1 Å². The summed E-state index contributed by atoms with van der Waals surface area (Å²) >= 11 is 1.26. The van der Waals surface area contributed by atoms with Gasteiger partial charge in [0.15, 0.2) is 5.13 Å². The fourth-order valence-electron chi connectivity index (χ4n) is 1.90. The number of aryl methyl sites for hydroxylation is 1. The van der Waals surface area contributed by atoms with E-state index < -0.39 is 0 Å². The van der Waals surface area contributed by atoms with Crippen molar-refractivity contribution in [1.82, 2.24) is 10.3 Å². The Labute approximate surface area is 132 Å². The first-order valence-electron chi connectivity index (χ1n) is 6.79. The Balaban J connectivity index is 2.07. The minimum absolute atomic E-state index is 0.0764. The summed E-state index contributed by atoms with van der Waals surface area (Å²) in [5, 5.41) is 6.50. The largest absolute Gasteiger partial charge is 0.383 e. The van der Waals surface area contributed by atoms with E-state index in [-0.39, 0.29) is 17.8 Å². The Morgan fingerprint density at radius 3 is 2.73 bits per heavy atom. The third kappa shape index (κ3) is 4.25. The van der Waals surface area contributed by atoms with Crippen LogP contribution in [0, 0.1) is 12.7 Å². The van der Waals surface area contributed by atoms with Crippen LogP contribution in [0.2, 0.25) is 0 Å².